The summed E-state index contributed by atoms with van der Waals surface area (Å²) >= 11 is 0. The molecule has 96 valence electrons. The van der Waals surface area contributed by atoms with Gasteiger partial charge in [-0.2, -0.15) is 8.42 Å². The fourth-order valence-corrected chi connectivity index (χ4v) is 2.23. The van der Waals surface area contributed by atoms with E-state index in [0.29, 0.717) is 13.0 Å². The van der Waals surface area contributed by atoms with E-state index in [1.54, 1.807) is 0 Å². The molecule has 0 spiro atoms. The largest absolute Gasteiger partial charge is 0.347 e. The lowest BCUT2D eigenvalue weighted by molar-refractivity contribution is -0.120. The molecule has 0 aliphatic carbocycles. The SMILES string of the molecule is CCCCC(OS(C)(=O)=O)C1OCC(C)O1. The number of ether oxygens (including phenoxy) is 2. The molecule has 0 bridgehead atoms. The first-order chi connectivity index (χ1) is 7.42. The van der Waals surface area contributed by atoms with Crippen LogP contribution >= 0.6 is 0 Å². The van der Waals surface area contributed by atoms with Crippen LogP contribution in [-0.2, 0) is 23.8 Å². The van der Waals surface area contributed by atoms with Gasteiger partial charge in [0.1, 0.15) is 6.10 Å². The summed E-state index contributed by atoms with van der Waals surface area (Å²) in [7, 11) is -3.47. The van der Waals surface area contributed by atoms with Crippen molar-refractivity contribution in [2.45, 2.75) is 51.6 Å². The van der Waals surface area contributed by atoms with Crippen LogP contribution in [-0.4, -0.2) is 39.8 Å². The molecule has 1 fully saturated rings. The highest BCUT2D eigenvalue weighted by Gasteiger charge is 2.33. The van der Waals surface area contributed by atoms with E-state index in [2.05, 4.69) is 0 Å². The van der Waals surface area contributed by atoms with Crippen molar-refractivity contribution in [2.24, 2.45) is 0 Å². The average Bonchev–Trinajstić information content (AvgIpc) is 2.57. The molecule has 16 heavy (non-hydrogen) atoms. The summed E-state index contributed by atoms with van der Waals surface area (Å²) in [6.45, 7) is 4.41. The minimum atomic E-state index is -3.47. The summed E-state index contributed by atoms with van der Waals surface area (Å²) in [4.78, 5) is 0. The molecule has 0 N–H and O–H groups in total. The molecular weight excluding hydrogens is 232 g/mol. The molecule has 0 saturated carbocycles. The first-order valence-corrected chi connectivity index (χ1v) is 7.39. The lowest BCUT2D eigenvalue weighted by Gasteiger charge is -2.21. The monoisotopic (exact) mass is 252 g/mol. The van der Waals surface area contributed by atoms with Gasteiger partial charge in [-0.1, -0.05) is 19.8 Å². The molecule has 1 saturated heterocycles. The maximum Gasteiger partial charge on any atom is 0.264 e. The quantitative estimate of drug-likeness (QED) is 0.666. The van der Waals surface area contributed by atoms with Crippen LogP contribution in [0.4, 0.5) is 0 Å². The Hall–Kier alpha value is -0.170. The van der Waals surface area contributed by atoms with Crippen LogP contribution in [0.3, 0.4) is 0 Å². The molecule has 1 heterocycles. The van der Waals surface area contributed by atoms with Crippen molar-refractivity contribution >= 4 is 10.1 Å². The molecule has 3 unspecified atom stereocenters. The molecular formula is C10H20O5S. The number of rotatable bonds is 6. The van der Waals surface area contributed by atoms with Crippen LogP contribution in [0.5, 0.6) is 0 Å². The first-order valence-electron chi connectivity index (χ1n) is 5.57. The zero-order valence-electron chi connectivity index (χ0n) is 10.0. The van der Waals surface area contributed by atoms with E-state index in [1.165, 1.54) is 0 Å². The Morgan fingerprint density at radius 1 is 1.50 bits per heavy atom. The number of hydrogen-bond acceptors (Lipinski definition) is 5. The Morgan fingerprint density at radius 3 is 2.62 bits per heavy atom. The van der Waals surface area contributed by atoms with Gasteiger partial charge in [-0.25, -0.2) is 0 Å². The molecule has 0 aromatic carbocycles. The van der Waals surface area contributed by atoms with Crippen LogP contribution < -0.4 is 0 Å². The second-order valence-corrected chi connectivity index (χ2v) is 5.73. The van der Waals surface area contributed by atoms with Crippen molar-refractivity contribution in [2.75, 3.05) is 12.9 Å². The predicted molar refractivity (Wildman–Crippen MR) is 59.5 cm³/mol. The van der Waals surface area contributed by atoms with Gasteiger partial charge in [0.15, 0.2) is 6.29 Å². The third-order valence-corrected chi connectivity index (χ3v) is 2.90. The van der Waals surface area contributed by atoms with E-state index >= 15 is 0 Å². The molecule has 0 aromatic heterocycles. The van der Waals surface area contributed by atoms with Gasteiger partial charge in [-0.05, 0) is 13.3 Å². The summed E-state index contributed by atoms with van der Waals surface area (Å²) in [6, 6.07) is 0. The van der Waals surface area contributed by atoms with Gasteiger partial charge >= 0.3 is 0 Å². The lowest BCUT2D eigenvalue weighted by atomic mass is 10.1. The molecule has 0 radical (unpaired) electrons. The van der Waals surface area contributed by atoms with Gasteiger partial charge in [-0.15, -0.1) is 0 Å². The minimum Gasteiger partial charge on any atom is -0.347 e. The van der Waals surface area contributed by atoms with Gasteiger partial charge in [-0.3, -0.25) is 4.18 Å². The predicted octanol–water partition coefficient (Wildman–Crippen LogP) is 1.28. The lowest BCUT2D eigenvalue weighted by Crippen LogP contribution is -2.32. The topological polar surface area (TPSA) is 61.8 Å². The van der Waals surface area contributed by atoms with E-state index in [-0.39, 0.29) is 6.10 Å². The van der Waals surface area contributed by atoms with Crippen molar-refractivity contribution in [3.8, 4) is 0 Å². The Labute approximate surface area is 97.2 Å². The average molecular weight is 252 g/mol. The van der Waals surface area contributed by atoms with E-state index in [0.717, 1.165) is 19.1 Å². The molecule has 5 nitrogen and oxygen atoms in total. The maximum atomic E-state index is 11.1. The second-order valence-electron chi connectivity index (χ2n) is 4.13. The summed E-state index contributed by atoms with van der Waals surface area (Å²) in [5, 5.41) is 0. The van der Waals surface area contributed by atoms with Crippen molar-refractivity contribution in [1.29, 1.82) is 0 Å². The number of hydrogen-bond donors (Lipinski definition) is 0. The van der Waals surface area contributed by atoms with Gasteiger partial charge in [0.2, 0.25) is 0 Å². The van der Waals surface area contributed by atoms with Crippen molar-refractivity contribution < 1.29 is 22.1 Å². The Bertz CT molecular complexity index is 300. The fraction of sp³-hybridized carbons (Fsp3) is 1.00. The van der Waals surface area contributed by atoms with Crippen molar-refractivity contribution in [3.63, 3.8) is 0 Å². The van der Waals surface area contributed by atoms with E-state index < -0.39 is 22.5 Å². The summed E-state index contributed by atoms with van der Waals surface area (Å²) in [5.41, 5.74) is 0. The van der Waals surface area contributed by atoms with E-state index in [4.69, 9.17) is 13.7 Å². The minimum absolute atomic E-state index is 0.00251. The summed E-state index contributed by atoms with van der Waals surface area (Å²) in [6.07, 6.45) is 2.45. The number of unbranched alkanes of at least 4 members (excludes halogenated alkanes) is 1. The molecule has 6 heteroatoms. The smallest absolute Gasteiger partial charge is 0.264 e. The van der Waals surface area contributed by atoms with Gasteiger partial charge < -0.3 is 9.47 Å². The third-order valence-electron chi connectivity index (χ3n) is 2.31. The van der Waals surface area contributed by atoms with E-state index in [9.17, 15) is 8.42 Å². The highest BCUT2D eigenvalue weighted by molar-refractivity contribution is 7.86. The molecule has 1 rings (SSSR count). The zero-order chi connectivity index (χ0) is 12.2. The van der Waals surface area contributed by atoms with Crippen LogP contribution in [0.2, 0.25) is 0 Å². The zero-order valence-corrected chi connectivity index (χ0v) is 10.8. The molecule has 3 atom stereocenters. The van der Waals surface area contributed by atoms with Crippen LogP contribution in [0.15, 0.2) is 0 Å². The highest BCUT2D eigenvalue weighted by atomic mass is 32.2. The third kappa shape index (κ3) is 4.78. The first kappa shape index (κ1) is 13.9. The van der Waals surface area contributed by atoms with Gasteiger partial charge in [0.05, 0.1) is 19.0 Å². The van der Waals surface area contributed by atoms with E-state index in [1.807, 2.05) is 13.8 Å². The van der Waals surface area contributed by atoms with Crippen LogP contribution in [0, 0.1) is 0 Å². The Balaban J connectivity index is 2.56. The van der Waals surface area contributed by atoms with Gasteiger partial charge in [0.25, 0.3) is 10.1 Å². The fourth-order valence-electron chi connectivity index (χ4n) is 1.59. The highest BCUT2D eigenvalue weighted by Crippen LogP contribution is 2.21. The summed E-state index contributed by atoms with van der Waals surface area (Å²) in [5.74, 6) is 0. The molecule has 1 aliphatic rings. The normalized spacial score (nSPS) is 28.2. The van der Waals surface area contributed by atoms with Crippen molar-refractivity contribution in [1.82, 2.24) is 0 Å². The van der Waals surface area contributed by atoms with Gasteiger partial charge in [0, 0.05) is 0 Å². The standard InChI is InChI=1S/C10H20O5S/c1-4-5-6-9(15-16(3,11)12)10-13-7-8(2)14-10/h8-10H,4-7H2,1-3H3. The molecule has 1 aliphatic heterocycles. The second kappa shape index (κ2) is 5.95. The Kier molecular flexibility index (Phi) is 5.17. The molecule has 0 amide bonds. The van der Waals surface area contributed by atoms with Crippen LogP contribution in [0.1, 0.15) is 33.1 Å². The Morgan fingerprint density at radius 2 is 2.19 bits per heavy atom. The van der Waals surface area contributed by atoms with Crippen molar-refractivity contribution in [3.05, 3.63) is 0 Å². The van der Waals surface area contributed by atoms with Crippen LogP contribution in [0.25, 0.3) is 0 Å². The maximum absolute atomic E-state index is 11.1. The summed E-state index contributed by atoms with van der Waals surface area (Å²) < 4.78 is 38.0. The molecule has 0 aromatic rings.